The van der Waals surface area contributed by atoms with E-state index in [0.717, 1.165) is 12.5 Å². The van der Waals surface area contributed by atoms with E-state index in [4.69, 9.17) is 0 Å². The van der Waals surface area contributed by atoms with Crippen LogP contribution in [0.2, 0.25) is 0 Å². The monoisotopic (exact) mass is 198 g/mol. The van der Waals surface area contributed by atoms with Crippen molar-refractivity contribution in [2.75, 3.05) is 19.6 Å². The first-order chi connectivity index (χ1) is 6.65. The van der Waals surface area contributed by atoms with E-state index in [1.165, 1.54) is 25.9 Å². The van der Waals surface area contributed by atoms with E-state index in [1.807, 2.05) is 0 Å². The highest BCUT2D eigenvalue weighted by atomic mass is 15.2. The van der Waals surface area contributed by atoms with Gasteiger partial charge in [0.2, 0.25) is 0 Å². The summed E-state index contributed by atoms with van der Waals surface area (Å²) in [6, 6.07) is 1.31. The Kier molecular flexibility index (Phi) is 4.90. The Bertz CT molecular complexity index is 158. The standard InChI is InChI=1S/C12H26N2/c1-5-7-13-11(3)12(4)14-8-6-10(2)9-14/h10-13H,5-9H2,1-4H3. The highest BCUT2D eigenvalue weighted by Crippen LogP contribution is 2.18. The summed E-state index contributed by atoms with van der Waals surface area (Å²) in [7, 11) is 0. The molecule has 0 aromatic heterocycles. The van der Waals surface area contributed by atoms with Crippen molar-refractivity contribution in [3.8, 4) is 0 Å². The molecule has 1 aliphatic rings. The average molecular weight is 198 g/mol. The minimum atomic E-state index is 0.625. The van der Waals surface area contributed by atoms with Crippen molar-refractivity contribution in [2.24, 2.45) is 5.92 Å². The van der Waals surface area contributed by atoms with Crippen molar-refractivity contribution < 1.29 is 0 Å². The maximum atomic E-state index is 3.58. The van der Waals surface area contributed by atoms with Crippen LogP contribution in [0.25, 0.3) is 0 Å². The smallest absolute Gasteiger partial charge is 0.0218 e. The summed E-state index contributed by atoms with van der Waals surface area (Å²) in [5.74, 6) is 0.899. The molecule has 2 heteroatoms. The Morgan fingerprint density at radius 1 is 1.43 bits per heavy atom. The van der Waals surface area contributed by atoms with E-state index >= 15 is 0 Å². The van der Waals surface area contributed by atoms with Gasteiger partial charge in [0, 0.05) is 18.6 Å². The third kappa shape index (κ3) is 3.25. The van der Waals surface area contributed by atoms with Crippen LogP contribution in [-0.2, 0) is 0 Å². The van der Waals surface area contributed by atoms with Gasteiger partial charge in [-0.3, -0.25) is 4.90 Å². The highest BCUT2D eigenvalue weighted by molar-refractivity contribution is 4.83. The first-order valence-electron chi connectivity index (χ1n) is 6.12. The van der Waals surface area contributed by atoms with Gasteiger partial charge in [-0.15, -0.1) is 0 Å². The average Bonchev–Trinajstić information content (AvgIpc) is 2.60. The largest absolute Gasteiger partial charge is 0.313 e. The van der Waals surface area contributed by atoms with Gasteiger partial charge in [-0.2, -0.15) is 0 Å². The molecule has 0 radical (unpaired) electrons. The van der Waals surface area contributed by atoms with Crippen LogP contribution in [0.15, 0.2) is 0 Å². The predicted octanol–water partition coefficient (Wildman–Crippen LogP) is 2.10. The number of likely N-dealkylation sites (tertiary alicyclic amines) is 1. The van der Waals surface area contributed by atoms with Crippen LogP contribution >= 0.6 is 0 Å². The van der Waals surface area contributed by atoms with Crippen LogP contribution < -0.4 is 5.32 Å². The number of rotatable bonds is 5. The van der Waals surface area contributed by atoms with Gasteiger partial charge in [0.1, 0.15) is 0 Å². The number of hydrogen-bond donors (Lipinski definition) is 1. The lowest BCUT2D eigenvalue weighted by atomic mass is 10.1. The molecule has 1 aliphatic heterocycles. The minimum absolute atomic E-state index is 0.625. The molecule has 84 valence electrons. The fourth-order valence-electron chi connectivity index (χ4n) is 2.20. The molecule has 0 aliphatic carbocycles. The molecule has 3 unspecified atom stereocenters. The maximum absolute atomic E-state index is 3.58. The molecule has 1 N–H and O–H groups in total. The number of nitrogens with one attached hydrogen (secondary N) is 1. The van der Waals surface area contributed by atoms with Gasteiger partial charge in [0.15, 0.2) is 0 Å². The second-order valence-electron chi connectivity index (χ2n) is 4.87. The summed E-state index contributed by atoms with van der Waals surface area (Å²) in [5.41, 5.74) is 0. The summed E-state index contributed by atoms with van der Waals surface area (Å²) in [4.78, 5) is 2.62. The van der Waals surface area contributed by atoms with Crippen LogP contribution in [0.4, 0.5) is 0 Å². The second kappa shape index (κ2) is 5.72. The van der Waals surface area contributed by atoms with E-state index in [2.05, 4.69) is 37.9 Å². The molecule has 1 heterocycles. The van der Waals surface area contributed by atoms with E-state index < -0.39 is 0 Å². The Labute approximate surface area is 89.1 Å². The Morgan fingerprint density at radius 3 is 2.64 bits per heavy atom. The molecule has 0 aromatic carbocycles. The summed E-state index contributed by atoms with van der Waals surface area (Å²) < 4.78 is 0. The fraction of sp³-hybridized carbons (Fsp3) is 1.00. The molecule has 0 saturated carbocycles. The normalized spacial score (nSPS) is 27.9. The van der Waals surface area contributed by atoms with Gasteiger partial charge in [-0.05, 0) is 45.7 Å². The zero-order valence-electron chi connectivity index (χ0n) is 10.2. The van der Waals surface area contributed by atoms with Crippen molar-refractivity contribution in [2.45, 2.75) is 52.6 Å². The van der Waals surface area contributed by atoms with E-state index in [-0.39, 0.29) is 0 Å². The zero-order chi connectivity index (χ0) is 10.6. The lowest BCUT2D eigenvalue weighted by molar-refractivity contribution is 0.208. The third-order valence-electron chi connectivity index (χ3n) is 3.47. The number of hydrogen-bond acceptors (Lipinski definition) is 2. The van der Waals surface area contributed by atoms with E-state index in [1.54, 1.807) is 0 Å². The Balaban J connectivity index is 2.28. The third-order valence-corrected chi connectivity index (χ3v) is 3.47. The molecule has 14 heavy (non-hydrogen) atoms. The molecular weight excluding hydrogens is 172 g/mol. The molecular formula is C12H26N2. The fourth-order valence-corrected chi connectivity index (χ4v) is 2.20. The van der Waals surface area contributed by atoms with Crippen molar-refractivity contribution in [1.29, 1.82) is 0 Å². The van der Waals surface area contributed by atoms with Crippen LogP contribution in [0.1, 0.15) is 40.5 Å². The minimum Gasteiger partial charge on any atom is -0.313 e. The van der Waals surface area contributed by atoms with Gasteiger partial charge in [0.05, 0.1) is 0 Å². The summed E-state index contributed by atoms with van der Waals surface area (Å²) >= 11 is 0. The highest BCUT2D eigenvalue weighted by Gasteiger charge is 2.25. The van der Waals surface area contributed by atoms with Gasteiger partial charge >= 0.3 is 0 Å². The van der Waals surface area contributed by atoms with Gasteiger partial charge in [0.25, 0.3) is 0 Å². The molecule has 1 saturated heterocycles. The molecule has 1 fully saturated rings. The lowest BCUT2D eigenvalue weighted by Gasteiger charge is -2.30. The van der Waals surface area contributed by atoms with Crippen molar-refractivity contribution >= 4 is 0 Å². The van der Waals surface area contributed by atoms with Gasteiger partial charge in [-0.1, -0.05) is 13.8 Å². The van der Waals surface area contributed by atoms with Gasteiger partial charge < -0.3 is 5.32 Å². The topological polar surface area (TPSA) is 15.3 Å². The van der Waals surface area contributed by atoms with Crippen molar-refractivity contribution in [3.63, 3.8) is 0 Å². The number of nitrogens with zero attached hydrogens (tertiary/aromatic N) is 1. The summed E-state index contributed by atoms with van der Waals surface area (Å²) in [6.45, 7) is 13.0. The van der Waals surface area contributed by atoms with Crippen LogP contribution in [0, 0.1) is 5.92 Å². The molecule has 1 rings (SSSR count). The zero-order valence-corrected chi connectivity index (χ0v) is 10.2. The quantitative estimate of drug-likeness (QED) is 0.728. The second-order valence-corrected chi connectivity index (χ2v) is 4.87. The van der Waals surface area contributed by atoms with E-state index in [9.17, 15) is 0 Å². The SMILES string of the molecule is CCCNC(C)C(C)N1CCC(C)C1. The molecule has 0 bridgehead atoms. The van der Waals surface area contributed by atoms with Crippen LogP contribution in [0.5, 0.6) is 0 Å². The molecule has 0 spiro atoms. The Hall–Kier alpha value is -0.0800. The molecule has 0 aromatic rings. The summed E-state index contributed by atoms with van der Waals surface area (Å²) in [5, 5.41) is 3.58. The van der Waals surface area contributed by atoms with Crippen LogP contribution in [0.3, 0.4) is 0 Å². The lowest BCUT2D eigenvalue weighted by Crippen LogP contribution is -2.46. The maximum Gasteiger partial charge on any atom is 0.0218 e. The van der Waals surface area contributed by atoms with E-state index in [0.29, 0.717) is 12.1 Å². The molecule has 3 atom stereocenters. The van der Waals surface area contributed by atoms with Crippen molar-refractivity contribution in [3.05, 3.63) is 0 Å². The predicted molar refractivity (Wildman–Crippen MR) is 62.6 cm³/mol. The first-order valence-corrected chi connectivity index (χ1v) is 6.12. The van der Waals surface area contributed by atoms with Gasteiger partial charge in [-0.25, -0.2) is 0 Å². The van der Waals surface area contributed by atoms with Crippen molar-refractivity contribution in [1.82, 2.24) is 10.2 Å². The summed E-state index contributed by atoms with van der Waals surface area (Å²) in [6.07, 6.45) is 2.61. The molecule has 0 amide bonds. The van der Waals surface area contributed by atoms with Crippen LogP contribution in [-0.4, -0.2) is 36.6 Å². The molecule has 2 nitrogen and oxygen atoms in total. The first kappa shape index (κ1) is 12.0. The Morgan fingerprint density at radius 2 is 2.14 bits per heavy atom.